The van der Waals surface area contributed by atoms with Crippen LogP contribution < -0.4 is 4.90 Å². The molecule has 0 aliphatic carbocycles. The van der Waals surface area contributed by atoms with Gasteiger partial charge in [-0.3, -0.25) is 9.69 Å². The van der Waals surface area contributed by atoms with Crippen molar-refractivity contribution >= 4 is 55.5 Å². The zero-order valence-electron chi connectivity index (χ0n) is 14.9. The Morgan fingerprint density at radius 1 is 1.19 bits per heavy atom. The lowest BCUT2D eigenvalue weighted by Gasteiger charge is -2.18. The van der Waals surface area contributed by atoms with Crippen LogP contribution in [0.4, 0.5) is 5.13 Å². The van der Waals surface area contributed by atoms with E-state index in [1.54, 1.807) is 11.2 Å². The predicted octanol–water partition coefficient (Wildman–Crippen LogP) is 6.00. The number of fused-ring (bicyclic) bond motifs is 1. The lowest BCUT2D eigenvalue weighted by molar-refractivity contribution is -0.118. The summed E-state index contributed by atoms with van der Waals surface area (Å²) in [7, 11) is 0. The average molecular weight is 417 g/mol. The summed E-state index contributed by atoms with van der Waals surface area (Å²) >= 11 is 8.96. The Kier molecular flexibility index (Phi) is 5.04. The highest BCUT2D eigenvalue weighted by Gasteiger charge is 2.22. The third-order valence-corrected chi connectivity index (χ3v) is 6.73. The maximum absolute atomic E-state index is 13.1. The number of thiophene rings is 1. The summed E-state index contributed by atoms with van der Waals surface area (Å²) < 4.78 is 7.23. The van der Waals surface area contributed by atoms with Gasteiger partial charge < -0.3 is 4.42 Å². The van der Waals surface area contributed by atoms with Gasteiger partial charge in [-0.1, -0.05) is 29.0 Å². The van der Waals surface area contributed by atoms with Gasteiger partial charge in [0.25, 0.3) is 0 Å². The molecule has 0 aliphatic rings. The molecule has 1 aromatic carbocycles. The number of halogens is 1. The molecule has 0 aliphatic heterocycles. The third-order valence-electron chi connectivity index (χ3n) is 4.45. The van der Waals surface area contributed by atoms with Crippen LogP contribution in [0.3, 0.4) is 0 Å². The van der Waals surface area contributed by atoms with E-state index < -0.39 is 0 Å². The van der Waals surface area contributed by atoms with Gasteiger partial charge in [0.2, 0.25) is 5.91 Å². The Bertz CT molecular complexity index is 1100. The molecule has 27 heavy (non-hydrogen) atoms. The Labute approximate surface area is 170 Å². The number of carbonyl (C=O) groups is 1. The van der Waals surface area contributed by atoms with Gasteiger partial charge in [-0.05, 0) is 55.3 Å². The van der Waals surface area contributed by atoms with E-state index in [0.29, 0.717) is 16.0 Å². The molecule has 4 rings (SSSR count). The van der Waals surface area contributed by atoms with Gasteiger partial charge in [-0.15, -0.1) is 11.3 Å². The normalized spacial score (nSPS) is 11.2. The van der Waals surface area contributed by atoms with E-state index in [1.165, 1.54) is 28.2 Å². The number of hydrogen-bond acceptors (Lipinski definition) is 5. The predicted molar refractivity (Wildman–Crippen MR) is 112 cm³/mol. The molecule has 0 saturated heterocycles. The minimum atomic E-state index is -0.0293. The van der Waals surface area contributed by atoms with E-state index in [1.807, 2.05) is 24.3 Å². The van der Waals surface area contributed by atoms with Gasteiger partial charge in [0, 0.05) is 4.88 Å². The first-order chi connectivity index (χ1) is 13.0. The van der Waals surface area contributed by atoms with Crippen LogP contribution in [0.2, 0.25) is 4.34 Å². The highest BCUT2D eigenvalue weighted by Crippen LogP contribution is 2.33. The van der Waals surface area contributed by atoms with E-state index in [4.69, 9.17) is 21.0 Å². The summed E-state index contributed by atoms with van der Waals surface area (Å²) in [6.07, 6.45) is 1.90. The van der Waals surface area contributed by atoms with Gasteiger partial charge in [0.15, 0.2) is 5.13 Å². The highest BCUT2D eigenvalue weighted by molar-refractivity contribution is 7.22. The SMILES string of the molecule is Cc1ccc2sc(N(Cc3ccco3)C(=O)Cc3ccc(Cl)s3)nc2c1C. The van der Waals surface area contributed by atoms with Crippen molar-refractivity contribution in [3.63, 3.8) is 0 Å². The highest BCUT2D eigenvalue weighted by atomic mass is 35.5. The fraction of sp³-hybridized carbons (Fsp3) is 0.200. The maximum Gasteiger partial charge on any atom is 0.234 e. The summed E-state index contributed by atoms with van der Waals surface area (Å²) in [6.45, 7) is 4.48. The second-order valence-electron chi connectivity index (χ2n) is 6.29. The van der Waals surface area contributed by atoms with Crippen molar-refractivity contribution in [3.05, 3.63) is 68.8 Å². The Morgan fingerprint density at radius 2 is 2.04 bits per heavy atom. The summed E-state index contributed by atoms with van der Waals surface area (Å²) in [4.78, 5) is 20.5. The first kappa shape index (κ1) is 18.2. The van der Waals surface area contributed by atoms with Crippen LogP contribution in [0.5, 0.6) is 0 Å². The van der Waals surface area contributed by atoms with Crippen LogP contribution in [0.1, 0.15) is 21.8 Å². The average Bonchev–Trinajstić information content (AvgIpc) is 3.37. The smallest absolute Gasteiger partial charge is 0.234 e. The molecule has 0 radical (unpaired) electrons. The van der Waals surface area contributed by atoms with Crippen LogP contribution >= 0.6 is 34.3 Å². The van der Waals surface area contributed by atoms with Crippen LogP contribution in [0.15, 0.2) is 47.1 Å². The minimum Gasteiger partial charge on any atom is -0.467 e. The number of nitrogens with zero attached hydrogens (tertiary/aromatic N) is 2. The van der Waals surface area contributed by atoms with E-state index in [2.05, 4.69) is 26.0 Å². The summed E-state index contributed by atoms with van der Waals surface area (Å²) in [5, 5.41) is 0.683. The maximum atomic E-state index is 13.1. The molecule has 3 heterocycles. The van der Waals surface area contributed by atoms with Crippen LogP contribution in [-0.4, -0.2) is 10.9 Å². The van der Waals surface area contributed by atoms with Crippen LogP contribution in [-0.2, 0) is 17.8 Å². The number of anilines is 1. The molecule has 0 spiro atoms. The van der Waals surface area contributed by atoms with Crippen molar-refractivity contribution in [1.82, 2.24) is 4.98 Å². The number of thiazole rings is 1. The number of benzene rings is 1. The van der Waals surface area contributed by atoms with Crippen LogP contribution in [0.25, 0.3) is 10.2 Å². The zero-order chi connectivity index (χ0) is 19.0. The summed E-state index contributed by atoms with van der Waals surface area (Å²) in [5.74, 6) is 0.693. The van der Waals surface area contributed by atoms with E-state index in [-0.39, 0.29) is 12.3 Å². The Hall–Kier alpha value is -2.15. The fourth-order valence-corrected chi connectivity index (χ4v) is 4.96. The number of hydrogen-bond donors (Lipinski definition) is 0. The van der Waals surface area contributed by atoms with Gasteiger partial charge in [0.05, 0.1) is 33.8 Å². The molecule has 3 aromatic heterocycles. The van der Waals surface area contributed by atoms with Crippen molar-refractivity contribution in [2.45, 2.75) is 26.8 Å². The van der Waals surface area contributed by atoms with Crippen molar-refractivity contribution < 1.29 is 9.21 Å². The van der Waals surface area contributed by atoms with E-state index >= 15 is 0 Å². The Morgan fingerprint density at radius 3 is 2.74 bits per heavy atom. The van der Waals surface area contributed by atoms with E-state index in [0.717, 1.165) is 26.4 Å². The number of rotatable bonds is 5. The van der Waals surface area contributed by atoms with Crippen molar-refractivity contribution in [3.8, 4) is 0 Å². The molecule has 138 valence electrons. The molecule has 4 nitrogen and oxygen atoms in total. The third kappa shape index (κ3) is 3.78. The van der Waals surface area contributed by atoms with Gasteiger partial charge in [0.1, 0.15) is 5.76 Å². The molecule has 0 atom stereocenters. The topological polar surface area (TPSA) is 46.3 Å². The molecule has 4 aromatic rings. The quantitative estimate of drug-likeness (QED) is 0.401. The number of aryl methyl sites for hydroxylation is 2. The van der Waals surface area contributed by atoms with Crippen molar-refractivity contribution in [2.75, 3.05) is 4.90 Å². The Balaban J connectivity index is 1.71. The fourth-order valence-electron chi connectivity index (χ4n) is 2.84. The lowest BCUT2D eigenvalue weighted by Crippen LogP contribution is -2.31. The first-order valence-corrected chi connectivity index (χ1v) is 10.5. The number of furan rings is 1. The molecule has 0 unspecified atom stereocenters. The molecule has 1 amide bonds. The molecular weight excluding hydrogens is 400 g/mol. The second-order valence-corrected chi connectivity index (χ2v) is 9.10. The lowest BCUT2D eigenvalue weighted by atomic mass is 10.1. The molecule has 0 fully saturated rings. The summed E-state index contributed by atoms with van der Waals surface area (Å²) in [6, 6.07) is 11.5. The molecule has 7 heteroatoms. The molecular formula is C20H17ClN2O2S2. The van der Waals surface area contributed by atoms with Crippen molar-refractivity contribution in [1.29, 1.82) is 0 Å². The molecule has 0 N–H and O–H groups in total. The minimum absolute atomic E-state index is 0.0293. The van der Waals surface area contributed by atoms with Gasteiger partial charge >= 0.3 is 0 Å². The van der Waals surface area contributed by atoms with Crippen molar-refractivity contribution in [2.24, 2.45) is 0 Å². The zero-order valence-corrected chi connectivity index (χ0v) is 17.2. The summed E-state index contributed by atoms with van der Waals surface area (Å²) in [5.41, 5.74) is 3.29. The van der Waals surface area contributed by atoms with Gasteiger partial charge in [-0.25, -0.2) is 4.98 Å². The first-order valence-electron chi connectivity index (χ1n) is 8.45. The number of aromatic nitrogens is 1. The molecule has 0 bridgehead atoms. The monoisotopic (exact) mass is 416 g/mol. The standard InChI is InChI=1S/C20H17ClN2O2S2/c1-12-5-7-16-19(13(12)2)22-20(27-16)23(11-14-4-3-9-25-14)18(24)10-15-6-8-17(21)26-15/h3-9H,10-11H2,1-2H3. The molecule has 0 saturated carbocycles. The largest absolute Gasteiger partial charge is 0.467 e. The number of carbonyl (C=O) groups excluding carboxylic acids is 1. The van der Waals surface area contributed by atoms with Crippen LogP contribution in [0, 0.1) is 13.8 Å². The van der Waals surface area contributed by atoms with Gasteiger partial charge in [-0.2, -0.15) is 0 Å². The number of amides is 1. The van der Waals surface area contributed by atoms with E-state index in [9.17, 15) is 4.79 Å². The second kappa shape index (κ2) is 7.46.